The third-order valence-electron chi connectivity index (χ3n) is 3.78. The van der Waals surface area contributed by atoms with Gasteiger partial charge in [0.25, 0.3) is 0 Å². The van der Waals surface area contributed by atoms with Gasteiger partial charge >= 0.3 is 0 Å². The van der Waals surface area contributed by atoms with Crippen molar-refractivity contribution in [2.75, 3.05) is 19.7 Å². The van der Waals surface area contributed by atoms with Crippen LogP contribution in [0.25, 0.3) is 11.4 Å². The summed E-state index contributed by atoms with van der Waals surface area (Å²) in [4.78, 5) is 6.76. The maximum absolute atomic E-state index is 5.82. The summed E-state index contributed by atoms with van der Waals surface area (Å²) in [7, 11) is 0. The van der Waals surface area contributed by atoms with E-state index in [2.05, 4.69) is 20.1 Å². The summed E-state index contributed by atoms with van der Waals surface area (Å²) in [5, 5.41) is 12.3. The van der Waals surface area contributed by atoms with Crippen LogP contribution in [-0.4, -0.2) is 50.6 Å². The van der Waals surface area contributed by atoms with Crippen LogP contribution in [0.5, 0.6) is 0 Å². The second kappa shape index (κ2) is 6.61. The summed E-state index contributed by atoms with van der Waals surface area (Å²) >= 11 is 1.62. The highest BCUT2D eigenvalue weighted by atomic mass is 32.1. The Morgan fingerprint density at radius 3 is 3.22 bits per heavy atom. The Morgan fingerprint density at radius 1 is 1.39 bits per heavy atom. The van der Waals surface area contributed by atoms with Crippen molar-refractivity contribution < 1.29 is 9.26 Å². The molecule has 7 nitrogen and oxygen atoms in total. The minimum absolute atomic E-state index is 0.128. The second-order valence-electron chi connectivity index (χ2n) is 5.48. The van der Waals surface area contributed by atoms with Gasteiger partial charge < -0.3 is 9.26 Å². The molecular weight excluding hydrogens is 314 g/mol. The molecule has 0 N–H and O–H groups in total. The lowest BCUT2D eigenvalue weighted by molar-refractivity contribution is -0.0426. The average Bonchev–Trinajstić information content (AvgIpc) is 3.30. The van der Waals surface area contributed by atoms with Crippen LogP contribution in [0.1, 0.15) is 5.89 Å². The number of morpholine rings is 1. The molecule has 1 fully saturated rings. The number of thiophene rings is 1. The number of nitrogens with zero attached hydrogens (tertiary/aromatic N) is 5. The fourth-order valence-corrected chi connectivity index (χ4v) is 3.31. The standard InChI is InChI=1S/C15H17N5O2S/c1-3-16-20(4-1)9-13-8-19(5-6-21-13)10-14-17-15(18-22-14)12-2-7-23-11-12/h1-4,7,11,13H,5-6,8-10H2. The molecule has 1 saturated heterocycles. The molecule has 0 saturated carbocycles. The molecule has 8 heteroatoms. The second-order valence-corrected chi connectivity index (χ2v) is 6.26. The average molecular weight is 331 g/mol. The Balaban J connectivity index is 1.37. The molecule has 0 aromatic carbocycles. The molecular formula is C15H17N5O2S. The molecule has 1 aliphatic rings. The van der Waals surface area contributed by atoms with E-state index in [1.54, 1.807) is 17.5 Å². The SMILES string of the molecule is c1cnn(CC2CN(Cc3nc(-c4ccsc4)no3)CCO2)c1. The smallest absolute Gasteiger partial charge is 0.241 e. The Kier molecular flexibility index (Phi) is 4.18. The van der Waals surface area contributed by atoms with Gasteiger partial charge in [0.1, 0.15) is 0 Å². The Bertz CT molecular complexity index is 725. The zero-order valence-corrected chi connectivity index (χ0v) is 13.4. The molecule has 1 unspecified atom stereocenters. The van der Waals surface area contributed by atoms with E-state index in [1.807, 2.05) is 33.8 Å². The minimum Gasteiger partial charge on any atom is -0.374 e. The number of hydrogen-bond acceptors (Lipinski definition) is 7. The summed E-state index contributed by atoms with van der Waals surface area (Å²) in [6, 6.07) is 3.92. The van der Waals surface area contributed by atoms with Crippen LogP contribution in [0.2, 0.25) is 0 Å². The van der Waals surface area contributed by atoms with E-state index in [0.717, 1.165) is 25.2 Å². The molecule has 0 spiro atoms. The summed E-state index contributed by atoms with van der Waals surface area (Å²) in [5.74, 6) is 1.30. The zero-order chi connectivity index (χ0) is 15.5. The molecule has 1 aliphatic heterocycles. The van der Waals surface area contributed by atoms with E-state index < -0.39 is 0 Å². The summed E-state index contributed by atoms with van der Waals surface area (Å²) in [5.41, 5.74) is 1.00. The highest BCUT2D eigenvalue weighted by molar-refractivity contribution is 7.08. The molecule has 4 rings (SSSR count). The quantitative estimate of drug-likeness (QED) is 0.711. The van der Waals surface area contributed by atoms with E-state index in [-0.39, 0.29) is 6.10 Å². The van der Waals surface area contributed by atoms with Crippen molar-refractivity contribution in [2.45, 2.75) is 19.2 Å². The first-order valence-electron chi connectivity index (χ1n) is 7.53. The summed E-state index contributed by atoms with van der Waals surface area (Å²) in [6.07, 6.45) is 3.86. The Hall–Kier alpha value is -2.03. The third kappa shape index (κ3) is 3.49. The predicted molar refractivity (Wildman–Crippen MR) is 84.9 cm³/mol. The zero-order valence-electron chi connectivity index (χ0n) is 12.5. The normalized spacial score (nSPS) is 19.2. The molecule has 120 valence electrons. The Labute approximate surface area is 137 Å². The van der Waals surface area contributed by atoms with E-state index in [9.17, 15) is 0 Å². The third-order valence-corrected chi connectivity index (χ3v) is 4.46. The van der Waals surface area contributed by atoms with Gasteiger partial charge in [-0.2, -0.15) is 21.4 Å². The lowest BCUT2D eigenvalue weighted by atomic mass is 10.2. The molecule has 0 amide bonds. The van der Waals surface area contributed by atoms with E-state index in [1.165, 1.54) is 0 Å². The van der Waals surface area contributed by atoms with Crippen LogP contribution in [-0.2, 0) is 17.8 Å². The van der Waals surface area contributed by atoms with Crippen LogP contribution in [0.3, 0.4) is 0 Å². The number of ether oxygens (including phenoxy) is 1. The molecule has 3 aromatic heterocycles. The van der Waals surface area contributed by atoms with Crippen LogP contribution < -0.4 is 0 Å². The van der Waals surface area contributed by atoms with Crippen molar-refractivity contribution in [3.63, 3.8) is 0 Å². The molecule has 4 heterocycles. The fraction of sp³-hybridized carbons (Fsp3) is 0.400. The molecule has 3 aromatic rings. The summed E-state index contributed by atoms with van der Waals surface area (Å²) < 4.78 is 13.1. The first-order valence-corrected chi connectivity index (χ1v) is 8.47. The monoisotopic (exact) mass is 331 g/mol. The van der Waals surface area contributed by atoms with Gasteiger partial charge in [-0.15, -0.1) is 0 Å². The van der Waals surface area contributed by atoms with Crippen molar-refractivity contribution in [1.29, 1.82) is 0 Å². The highest BCUT2D eigenvalue weighted by Gasteiger charge is 2.23. The van der Waals surface area contributed by atoms with Crippen molar-refractivity contribution in [3.8, 4) is 11.4 Å². The minimum atomic E-state index is 0.128. The largest absolute Gasteiger partial charge is 0.374 e. The van der Waals surface area contributed by atoms with Gasteiger partial charge in [0.05, 0.1) is 25.8 Å². The van der Waals surface area contributed by atoms with E-state index in [0.29, 0.717) is 24.9 Å². The van der Waals surface area contributed by atoms with Crippen LogP contribution in [0, 0.1) is 0 Å². The van der Waals surface area contributed by atoms with Gasteiger partial charge in [-0.1, -0.05) is 5.16 Å². The van der Waals surface area contributed by atoms with E-state index >= 15 is 0 Å². The van der Waals surface area contributed by atoms with E-state index in [4.69, 9.17) is 9.26 Å². The van der Waals surface area contributed by atoms with Crippen LogP contribution in [0.4, 0.5) is 0 Å². The lowest BCUT2D eigenvalue weighted by Crippen LogP contribution is -2.43. The lowest BCUT2D eigenvalue weighted by Gasteiger charge is -2.31. The molecule has 0 aliphatic carbocycles. The summed E-state index contributed by atoms with van der Waals surface area (Å²) in [6.45, 7) is 3.81. The molecule has 23 heavy (non-hydrogen) atoms. The first-order chi connectivity index (χ1) is 11.4. The van der Waals surface area contributed by atoms with Gasteiger partial charge in [-0.25, -0.2) is 0 Å². The van der Waals surface area contributed by atoms with Gasteiger partial charge in [0.15, 0.2) is 0 Å². The van der Waals surface area contributed by atoms with Crippen LogP contribution in [0.15, 0.2) is 39.8 Å². The molecule has 0 bridgehead atoms. The Morgan fingerprint density at radius 2 is 2.39 bits per heavy atom. The molecule has 1 atom stereocenters. The van der Waals surface area contributed by atoms with Gasteiger partial charge in [-0.05, 0) is 17.5 Å². The number of aromatic nitrogens is 4. The highest BCUT2D eigenvalue weighted by Crippen LogP contribution is 2.19. The first kappa shape index (κ1) is 14.6. The topological polar surface area (TPSA) is 69.2 Å². The predicted octanol–water partition coefficient (Wildman–Crippen LogP) is 1.90. The number of rotatable bonds is 5. The van der Waals surface area contributed by atoms with Crippen molar-refractivity contribution in [1.82, 2.24) is 24.8 Å². The fourth-order valence-electron chi connectivity index (χ4n) is 2.67. The van der Waals surface area contributed by atoms with Crippen molar-refractivity contribution >= 4 is 11.3 Å². The molecule has 0 radical (unpaired) electrons. The maximum atomic E-state index is 5.82. The van der Waals surface area contributed by atoms with Crippen molar-refractivity contribution in [2.24, 2.45) is 0 Å². The van der Waals surface area contributed by atoms with Crippen LogP contribution >= 0.6 is 11.3 Å². The van der Waals surface area contributed by atoms with Crippen molar-refractivity contribution in [3.05, 3.63) is 41.2 Å². The maximum Gasteiger partial charge on any atom is 0.241 e. The number of hydrogen-bond donors (Lipinski definition) is 0. The van der Waals surface area contributed by atoms with Gasteiger partial charge in [-0.3, -0.25) is 9.58 Å². The van der Waals surface area contributed by atoms with Gasteiger partial charge in [0, 0.05) is 36.4 Å². The van der Waals surface area contributed by atoms with Gasteiger partial charge in [0.2, 0.25) is 11.7 Å².